The van der Waals surface area contributed by atoms with Gasteiger partial charge in [0.15, 0.2) is 4.47 Å². The lowest BCUT2D eigenvalue weighted by atomic mass is 10.1. The van der Waals surface area contributed by atoms with Gasteiger partial charge in [-0.25, -0.2) is 4.98 Å². The quantitative estimate of drug-likeness (QED) is 0.858. The zero-order valence-corrected chi connectivity index (χ0v) is 12.8. The highest BCUT2D eigenvalue weighted by Gasteiger charge is 2.11. The van der Waals surface area contributed by atoms with Crippen LogP contribution < -0.4 is 5.32 Å². The van der Waals surface area contributed by atoms with Crippen molar-refractivity contribution in [3.63, 3.8) is 0 Å². The number of carbonyl (C=O) groups is 2. The molecule has 7 heteroatoms. The molecule has 110 valence electrons. The first-order valence-corrected chi connectivity index (χ1v) is 7.51. The van der Waals surface area contributed by atoms with Gasteiger partial charge in [-0.05, 0) is 24.6 Å². The summed E-state index contributed by atoms with van der Waals surface area (Å²) in [5, 5.41) is 4.30. The van der Waals surface area contributed by atoms with E-state index in [0.717, 1.165) is 5.56 Å². The number of hydrogen-bond acceptors (Lipinski definition) is 5. The van der Waals surface area contributed by atoms with Crippen molar-refractivity contribution in [1.82, 2.24) is 4.98 Å². The summed E-state index contributed by atoms with van der Waals surface area (Å²) in [7, 11) is 0. The molecule has 0 atom stereocenters. The van der Waals surface area contributed by atoms with Gasteiger partial charge >= 0.3 is 5.97 Å². The molecule has 0 bridgehead atoms. The highest BCUT2D eigenvalue weighted by atomic mass is 35.5. The van der Waals surface area contributed by atoms with Gasteiger partial charge in [0, 0.05) is 11.1 Å². The number of aromatic nitrogens is 1. The Morgan fingerprint density at radius 2 is 2.24 bits per heavy atom. The summed E-state index contributed by atoms with van der Waals surface area (Å²) in [5.74, 6) is -0.640. The van der Waals surface area contributed by atoms with E-state index in [1.807, 2.05) is 0 Å². The molecule has 1 N–H and O–H groups in total. The normalized spacial score (nSPS) is 10.2. The van der Waals surface area contributed by atoms with Crippen molar-refractivity contribution in [2.75, 3.05) is 11.9 Å². The van der Waals surface area contributed by atoms with Gasteiger partial charge in [-0.15, -0.1) is 11.3 Å². The van der Waals surface area contributed by atoms with Gasteiger partial charge in [0.25, 0.3) is 5.91 Å². The second kappa shape index (κ2) is 7.19. The number of benzene rings is 1. The van der Waals surface area contributed by atoms with E-state index in [1.165, 1.54) is 11.3 Å². The smallest absolute Gasteiger partial charge is 0.310 e. The zero-order valence-electron chi connectivity index (χ0n) is 11.3. The van der Waals surface area contributed by atoms with Crippen LogP contribution in [-0.2, 0) is 16.0 Å². The average Bonchev–Trinajstić information content (AvgIpc) is 2.86. The summed E-state index contributed by atoms with van der Waals surface area (Å²) in [6.07, 6.45) is 0.167. The van der Waals surface area contributed by atoms with Gasteiger partial charge in [0.05, 0.1) is 13.0 Å². The molecule has 0 aliphatic rings. The number of nitrogens with zero attached hydrogens (tertiary/aromatic N) is 1. The minimum atomic E-state index is -0.341. The number of rotatable bonds is 5. The molecule has 0 saturated heterocycles. The van der Waals surface area contributed by atoms with Crippen molar-refractivity contribution in [1.29, 1.82) is 0 Å². The molecule has 5 nitrogen and oxygen atoms in total. The van der Waals surface area contributed by atoms with Gasteiger partial charge in [-0.1, -0.05) is 23.7 Å². The maximum atomic E-state index is 11.9. The van der Waals surface area contributed by atoms with E-state index in [1.54, 1.807) is 36.6 Å². The van der Waals surface area contributed by atoms with Crippen LogP contribution >= 0.6 is 22.9 Å². The van der Waals surface area contributed by atoms with Gasteiger partial charge in [-0.2, -0.15) is 0 Å². The van der Waals surface area contributed by atoms with Crippen LogP contribution in [-0.4, -0.2) is 23.5 Å². The minimum Gasteiger partial charge on any atom is -0.466 e. The number of halogens is 1. The van der Waals surface area contributed by atoms with E-state index in [9.17, 15) is 9.59 Å². The van der Waals surface area contributed by atoms with E-state index in [4.69, 9.17) is 16.3 Å². The Morgan fingerprint density at radius 3 is 2.90 bits per heavy atom. The topological polar surface area (TPSA) is 68.3 Å². The summed E-state index contributed by atoms with van der Waals surface area (Å²) in [6, 6.07) is 7.02. The monoisotopic (exact) mass is 324 g/mol. The van der Waals surface area contributed by atoms with E-state index in [0.29, 0.717) is 16.8 Å². The van der Waals surface area contributed by atoms with Crippen LogP contribution in [0.15, 0.2) is 29.6 Å². The lowest BCUT2D eigenvalue weighted by Gasteiger charge is -2.06. The van der Waals surface area contributed by atoms with Gasteiger partial charge in [0.1, 0.15) is 5.69 Å². The largest absolute Gasteiger partial charge is 0.466 e. The van der Waals surface area contributed by atoms with Gasteiger partial charge in [0.2, 0.25) is 0 Å². The molecule has 0 saturated carbocycles. The molecule has 2 aromatic rings. The highest BCUT2D eigenvalue weighted by molar-refractivity contribution is 7.14. The van der Waals surface area contributed by atoms with Crippen molar-refractivity contribution in [3.8, 4) is 0 Å². The maximum Gasteiger partial charge on any atom is 0.310 e. The van der Waals surface area contributed by atoms with Crippen molar-refractivity contribution >= 4 is 40.5 Å². The second-order valence-electron chi connectivity index (χ2n) is 4.12. The molecule has 2 rings (SSSR count). The summed E-state index contributed by atoms with van der Waals surface area (Å²) in [6.45, 7) is 2.10. The first-order valence-electron chi connectivity index (χ1n) is 6.25. The van der Waals surface area contributed by atoms with E-state index < -0.39 is 0 Å². The van der Waals surface area contributed by atoms with Gasteiger partial charge in [-0.3, -0.25) is 9.59 Å². The lowest BCUT2D eigenvalue weighted by Crippen LogP contribution is -2.13. The Labute approximate surface area is 130 Å². The lowest BCUT2D eigenvalue weighted by molar-refractivity contribution is -0.142. The Hall–Kier alpha value is -1.92. The first kappa shape index (κ1) is 15.5. The number of ether oxygens (including phenoxy) is 1. The standard InChI is InChI=1S/C14H13ClN2O3S/c1-2-20-12(18)7-9-4-3-5-10(6-9)16-13(19)11-8-21-14(15)17-11/h3-6,8H,2,7H2,1H3,(H,16,19). The third-order valence-corrected chi connectivity index (χ3v) is 3.53. The molecule has 0 fully saturated rings. The predicted molar refractivity (Wildman–Crippen MR) is 81.9 cm³/mol. The van der Waals surface area contributed by atoms with E-state index in [-0.39, 0.29) is 24.0 Å². The molecule has 1 aromatic heterocycles. The van der Waals surface area contributed by atoms with Crippen LogP contribution in [0.5, 0.6) is 0 Å². The summed E-state index contributed by atoms with van der Waals surface area (Å²) in [5.41, 5.74) is 1.62. The van der Waals surface area contributed by atoms with Crippen LogP contribution in [0.3, 0.4) is 0 Å². The van der Waals surface area contributed by atoms with Crippen LogP contribution in [0.2, 0.25) is 4.47 Å². The molecular weight excluding hydrogens is 312 g/mol. The number of nitrogens with one attached hydrogen (secondary N) is 1. The fourth-order valence-corrected chi connectivity index (χ4v) is 2.43. The molecule has 0 radical (unpaired) electrons. The highest BCUT2D eigenvalue weighted by Crippen LogP contribution is 2.17. The molecule has 0 aliphatic heterocycles. The first-order chi connectivity index (χ1) is 10.1. The van der Waals surface area contributed by atoms with Crippen LogP contribution in [0.25, 0.3) is 0 Å². The predicted octanol–water partition coefficient (Wildman–Crippen LogP) is 3.15. The Kier molecular flexibility index (Phi) is 5.30. The van der Waals surface area contributed by atoms with E-state index in [2.05, 4.69) is 10.3 Å². The van der Waals surface area contributed by atoms with Crippen molar-refractivity contribution in [3.05, 3.63) is 45.4 Å². The third-order valence-electron chi connectivity index (χ3n) is 2.55. The van der Waals surface area contributed by atoms with Crippen molar-refractivity contribution in [2.45, 2.75) is 13.3 Å². The number of amides is 1. The minimum absolute atomic E-state index is 0.167. The summed E-state index contributed by atoms with van der Waals surface area (Å²) >= 11 is 6.89. The number of anilines is 1. The molecular formula is C14H13ClN2O3S. The summed E-state index contributed by atoms with van der Waals surface area (Å²) in [4.78, 5) is 27.3. The molecule has 1 amide bonds. The van der Waals surface area contributed by atoms with Crippen molar-refractivity contribution < 1.29 is 14.3 Å². The molecule has 21 heavy (non-hydrogen) atoms. The second-order valence-corrected chi connectivity index (χ2v) is 5.56. The fraction of sp³-hybridized carbons (Fsp3) is 0.214. The average molecular weight is 325 g/mol. The van der Waals surface area contributed by atoms with Crippen LogP contribution in [0.1, 0.15) is 23.0 Å². The molecule has 1 heterocycles. The molecule has 0 aliphatic carbocycles. The number of carbonyl (C=O) groups excluding carboxylic acids is 2. The Bertz CT molecular complexity index is 657. The van der Waals surface area contributed by atoms with Crippen molar-refractivity contribution in [2.24, 2.45) is 0 Å². The zero-order chi connectivity index (χ0) is 15.2. The molecule has 0 spiro atoms. The Morgan fingerprint density at radius 1 is 1.43 bits per heavy atom. The van der Waals surface area contributed by atoms with Crippen LogP contribution in [0, 0.1) is 0 Å². The number of hydrogen-bond donors (Lipinski definition) is 1. The number of thiazole rings is 1. The molecule has 0 unspecified atom stereocenters. The SMILES string of the molecule is CCOC(=O)Cc1cccc(NC(=O)c2csc(Cl)n2)c1. The Balaban J connectivity index is 2.04. The number of esters is 1. The van der Waals surface area contributed by atoms with Gasteiger partial charge < -0.3 is 10.1 Å². The fourth-order valence-electron chi connectivity index (χ4n) is 1.69. The third kappa shape index (κ3) is 4.54. The molecule has 1 aromatic carbocycles. The summed E-state index contributed by atoms with van der Waals surface area (Å²) < 4.78 is 5.21. The van der Waals surface area contributed by atoms with Crippen LogP contribution in [0.4, 0.5) is 5.69 Å². The maximum absolute atomic E-state index is 11.9. The van der Waals surface area contributed by atoms with E-state index >= 15 is 0 Å².